The monoisotopic (exact) mass is 128 g/mol. The van der Waals surface area contributed by atoms with E-state index < -0.39 is 11.9 Å². The highest BCUT2D eigenvalue weighted by atomic mass is 16.6. The number of quaternary nitrogens is 2. The van der Waals surface area contributed by atoms with E-state index in [-0.39, 0.29) is 12.3 Å². The van der Waals surface area contributed by atoms with Crippen molar-refractivity contribution in [1.29, 1.82) is 0 Å². The zero-order chi connectivity index (χ0) is 5.15. The van der Waals surface area contributed by atoms with E-state index >= 15 is 0 Å². The molecule has 8 heavy (non-hydrogen) atoms. The van der Waals surface area contributed by atoms with Crippen molar-refractivity contribution in [2.75, 3.05) is 0 Å². The third-order valence-corrected chi connectivity index (χ3v) is 0.183. The SMILES string of the molecule is O=[13C](O)[13C](=O)O.[NH4+].[NH4+]. The summed E-state index contributed by atoms with van der Waals surface area (Å²) in [5, 5.41) is 14.8. The Morgan fingerprint density at radius 2 is 1.00 bits per heavy atom. The first-order valence-electron chi connectivity index (χ1n) is 1.11. The van der Waals surface area contributed by atoms with Gasteiger partial charge in [0.2, 0.25) is 0 Å². The van der Waals surface area contributed by atoms with Crippen LogP contribution < -0.4 is 12.3 Å². The molecule has 0 saturated heterocycles. The van der Waals surface area contributed by atoms with Crippen LogP contribution in [-0.2, 0) is 9.59 Å². The summed E-state index contributed by atoms with van der Waals surface area (Å²) in [6.07, 6.45) is 0. The molecule has 0 aliphatic carbocycles. The molecule has 0 aliphatic rings. The van der Waals surface area contributed by atoms with Crippen LogP contribution in [0.3, 0.4) is 0 Å². The molecular formula is C2H10N2O4+2. The molecule has 0 bridgehead atoms. The van der Waals surface area contributed by atoms with Crippen LogP contribution in [0.4, 0.5) is 0 Å². The van der Waals surface area contributed by atoms with E-state index in [4.69, 9.17) is 19.8 Å². The van der Waals surface area contributed by atoms with Crippen molar-refractivity contribution in [3.05, 3.63) is 0 Å². The zero-order valence-corrected chi connectivity index (χ0v) is 4.71. The zero-order valence-electron chi connectivity index (χ0n) is 4.71. The van der Waals surface area contributed by atoms with Gasteiger partial charge in [-0.25, -0.2) is 9.59 Å². The van der Waals surface area contributed by atoms with Gasteiger partial charge in [-0.2, -0.15) is 0 Å². The van der Waals surface area contributed by atoms with Crippen LogP contribution in [0.5, 0.6) is 0 Å². The number of hydrogen-bond acceptors (Lipinski definition) is 2. The molecule has 0 unspecified atom stereocenters. The van der Waals surface area contributed by atoms with Crippen molar-refractivity contribution >= 4 is 11.9 Å². The van der Waals surface area contributed by atoms with Crippen LogP contribution in [0.1, 0.15) is 0 Å². The summed E-state index contributed by atoms with van der Waals surface area (Å²) in [4.78, 5) is 18.2. The smallest absolute Gasteiger partial charge is 0.414 e. The van der Waals surface area contributed by atoms with E-state index in [0.717, 1.165) is 0 Å². The van der Waals surface area contributed by atoms with Crippen molar-refractivity contribution in [2.45, 2.75) is 0 Å². The number of rotatable bonds is 0. The number of carboxylic acids is 2. The first-order valence-corrected chi connectivity index (χ1v) is 1.11. The van der Waals surface area contributed by atoms with Crippen LogP contribution in [0.2, 0.25) is 0 Å². The topological polar surface area (TPSA) is 148 Å². The van der Waals surface area contributed by atoms with Gasteiger partial charge in [0.15, 0.2) is 0 Å². The minimum atomic E-state index is -1.82. The number of aliphatic carboxylic acids is 2. The Hall–Kier alpha value is -1.14. The predicted molar refractivity (Wildman–Crippen MR) is 27.2 cm³/mol. The third kappa shape index (κ3) is 8.85. The molecule has 0 amide bonds. The van der Waals surface area contributed by atoms with E-state index in [1.807, 2.05) is 0 Å². The van der Waals surface area contributed by atoms with Gasteiger partial charge in [0.25, 0.3) is 0 Å². The van der Waals surface area contributed by atoms with Gasteiger partial charge in [0.1, 0.15) is 0 Å². The second-order valence-electron chi connectivity index (χ2n) is 0.610. The van der Waals surface area contributed by atoms with Crippen LogP contribution >= 0.6 is 0 Å². The number of carbonyl (C=O) groups is 2. The molecule has 0 aromatic rings. The maximum atomic E-state index is 9.10. The summed E-state index contributed by atoms with van der Waals surface area (Å²) in [6, 6.07) is 0. The Kier molecular flexibility index (Phi) is 11.6. The lowest BCUT2D eigenvalue weighted by Gasteiger charge is -1.72. The van der Waals surface area contributed by atoms with E-state index in [1.54, 1.807) is 0 Å². The molecule has 0 aromatic carbocycles. The Balaban J connectivity index is -0.000000125. The van der Waals surface area contributed by atoms with Crippen molar-refractivity contribution in [3.8, 4) is 0 Å². The molecule has 0 spiro atoms. The third-order valence-electron chi connectivity index (χ3n) is 0.183. The number of carboxylic acid groups (broad SMARTS) is 2. The minimum absolute atomic E-state index is 0. The quantitative estimate of drug-likeness (QED) is 0.266. The molecule has 0 fully saturated rings. The fourth-order valence-electron chi connectivity index (χ4n) is 0. The Morgan fingerprint density at radius 1 is 0.875 bits per heavy atom. The lowest BCUT2D eigenvalue weighted by Crippen LogP contribution is -2.09. The maximum Gasteiger partial charge on any atom is 0.414 e. The van der Waals surface area contributed by atoms with Gasteiger partial charge in [-0.15, -0.1) is 0 Å². The van der Waals surface area contributed by atoms with Crippen LogP contribution in [0, 0.1) is 0 Å². The molecule has 0 radical (unpaired) electrons. The standard InChI is InChI=1S/C2H2O4.2H3N/c3-1(4)2(5)6;;/h(H,3,4)(H,5,6);2*1H3/p+2/i1+1,2+1;;. The fraction of sp³-hybridized carbons (Fsp3) is 0. The summed E-state index contributed by atoms with van der Waals surface area (Å²) < 4.78 is 0. The highest BCUT2D eigenvalue weighted by Crippen LogP contribution is 1.56. The van der Waals surface area contributed by atoms with Crippen LogP contribution in [-0.4, -0.2) is 22.2 Å². The first-order chi connectivity index (χ1) is 2.64. The second kappa shape index (κ2) is 5.86. The van der Waals surface area contributed by atoms with Gasteiger partial charge >= 0.3 is 11.9 Å². The summed E-state index contributed by atoms with van der Waals surface area (Å²) >= 11 is 0. The molecule has 0 aliphatic heterocycles. The minimum Gasteiger partial charge on any atom is -0.473 e. The van der Waals surface area contributed by atoms with Crippen molar-refractivity contribution in [3.63, 3.8) is 0 Å². The molecule has 6 nitrogen and oxygen atoms in total. The molecule has 50 valence electrons. The van der Waals surface area contributed by atoms with E-state index in [2.05, 4.69) is 0 Å². The molecule has 0 atom stereocenters. The number of hydrogen-bond donors (Lipinski definition) is 4. The van der Waals surface area contributed by atoms with Gasteiger partial charge in [0, 0.05) is 0 Å². The van der Waals surface area contributed by atoms with E-state index in [0.29, 0.717) is 0 Å². The normalized spacial score (nSPS) is 5.50. The average Bonchev–Trinajstić information content (AvgIpc) is 1.36. The Labute approximate surface area is 45.3 Å². The van der Waals surface area contributed by atoms with Crippen molar-refractivity contribution in [1.82, 2.24) is 12.3 Å². The summed E-state index contributed by atoms with van der Waals surface area (Å²) in [5.74, 6) is -3.65. The molecule has 0 saturated carbocycles. The van der Waals surface area contributed by atoms with Crippen LogP contribution in [0.15, 0.2) is 0 Å². The van der Waals surface area contributed by atoms with Gasteiger partial charge in [-0.3, -0.25) is 0 Å². The summed E-state index contributed by atoms with van der Waals surface area (Å²) in [5.41, 5.74) is 0. The van der Waals surface area contributed by atoms with Gasteiger partial charge in [-0.1, -0.05) is 0 Å². The predicted octanol–water partition coefficient (Wildman–Crippen LogP) is -0.0920. The Bertz CT molecular complexity index is 78.0. The summed E-state index contributed by atoms with van der Waals surface area (Å²) in [7, 11) is 0. The lowest BCUT2D eigenvalue weighted by molar-refractivity contribution is -0.159. The van der Waals surface area contributed by atoms with Crippen molar-refractivity contribution < 1.29 is 19.8 Å². The van der Waals surface area contributed by atoms with E-state index in [1.165, 1.54) is 0 Å². The summed E-state index contributed by atoms with van der Waals surface area (Å²) in [6.45, 7) is 0. The molecule has 0 heterocycles. The second-order valence-corrected chi connectivity index (χ2v) is 0.610. The molecule has 10 N–H and O–H groups in total. The molecule has 0 rings (SSSR count). The maximum absolute atomic E-state index is 9.10. The fourth-order valence-corrected chi connectivity index (χ4v) is 0. The average molecular weight is 128 g/mol. The first kappa shape index (κ1) is 15.8. The highest BCUT2D eigenvalue weighted by molar-refractivity contribution is 6.27. The molecule has 0 aromatic heterocycles. The lowest BCUT2D eigenvalue weighted by atomic mass is 11.7. The largest absolute Gasteiger partial charge is 0.473 e. The van der Waals surface area contributed by atoms with Crippen LogP contribution in [0.25, 0.3) is 0 Å². The van der Waals surface area contributed by atoms with E-state index in [9.17, 15) is 0 Å². The highest BCUT2D eigenvalue weighted by Gasteiger charge is 2.04. The van der Waals surface area contributed by atoms with Gasteiger partial charge < -0.3 is 22.5 Å². The van der Waals surface area contributed by atoms with Crippen molar-refractivity contribution in [2.24, 2.45) is 0 Å². The van der Waals surface area contributed by atoms with Gasteiger partial charge in [-0.05, 0) is 0 Å². The molecule has 6 heteroatoms. The molecular weight excluding hydrogens is 118 g/mol. The Morgan fingerprint density at radius 3 is 1.00 bits per heavy atom. The van der Waals surface area contributed by atoms with Gasteiger partial charge in [0.05, 0.1) is 0 Å².